The van der Waals surface area contributed by atoms with E-state index in [1.54, 1.807) is 36.4 Å². The van der Waals surface area contributed by atoms with Crippen LogP contribution < -0.4 is 18.9 Å². The Balaban J connectivity index is 1.07. The first-order valence-corrected chi connectivity index (χ1v) is 20.3. The minimum Gasteiger partial charge on any atom is -0.507 e. The van der Waals surface area contributed by atoms with Crippen LogP contribution in [0.15, 0.2) is 109 Å². The molecule has 0 saturated heterocycles. The van der Waals surface area contributed by atoms with Gasteiger partial charge in [-0.2, -0.15) is 0 Å². The highest BCUT2D eigenvalue weighted by atomic mass is 16.6. The quantitative estimate of drug-likeness (QED) is 0.147. The van der Waals surface area contributed by atoms with E-state index in [0.717, 1.165) is 44.5 Å². The highest BCUT2D eigenvalue weighted by Gasteiger charge is 2.35. The van der Waals surface area contributed by atoms with E-state index in [9.17, 15) is 19.8 Å². The average Bonchev–Trinajstić information content (AvgIpc) is 3.25. The van der Waals surface area contributed by atoms with Crippen LogP contribution in [0.25, 0.3) is 0 Å². The van der Waals surface area contributed by atoms with Crippen LogP contribution >= 0.6 is 0 Å². The predicted molar refractivity (Wildman–Crippen MR) is 224 cm³/mol. The van der Waals surface area contributed by atoms with Crippen molar-refractivity contribution in [2.75, 3.05) is 52.9 Å². The Morgan fingerprint density at radius 1 is 0.350 bits per heavy atom. The highest BCUT2D eigenvalue weighted by Crippen LogP contribution is 2.39. The van der Waals surface area contributed by atoms with Crippen LogP contribution in [0.5, 0.6) is 34.5 Å². The number of carbonyl (C=O) groups excluding carboxylic acids is 2. The van der Waals surface area contributed by atoms with Gasteiger partial charge in [0.1, 0.15) is 60.9 Å². The summed E-state index contributed by atoms with van der Waals surface area (Å²) in [7, 11) is 0. The molecule has 0 unspecified atom stereocenters. The Morgan fingerprint density at radius 3 is 1.03 bits per heavy atom. The molecule has 60 heavy (non-hydrogen) atoms. The molecular weight excluding hydrogens is 761 g/mol. The molecule has 10 heteroatoms. The predicted octanol–water partition coefficient (Wildman–Crippen LogP) is 7.81. The molecule has 0 saturated carbocycles. The van der Waals surface area contributed by atoms with Crippen molar-refractivity contribution in [1.29, 1.82) is 0 Å². The number of carbonyl (C=O) groups is 2. The molecule has 0 amide bonds. The van der Waals surface area contributed by atoms with Gasteiger partial charge in [0.15, 0.2) is 5.78 Å². The number of para-hydroxylation sites is 4. The Bertz CT molecular complexity index is 2330. The smallest absolute Gasteiger partial charge is 0.201 e. The van der Waals surface area contributed by atoms with Crippen LogP contribution in [0, 0.1) is 0 Å². The summed E-state index contributed by atoms with van der Waals surface area (Å²) in [4.78, 5) is 27.8. The third-order valence-corrected chi connectivity index (χ3v) is 11.2. The van der Waals surface area contributed by atoms with Crippen LogP contribution in [0.2, 0.25) is 0 Å². The number of ether oxygens (including phenoxy) is 6. The zero-order valence-corrected chi connectivity index (χ0v) is 33.0. The minimum absolute atomic E-state index is 0.127. The number of rotatable bonds is 0. The van der Waals surface area contributed by atoms with E-state index >= 15 is 0 Å². The fraction of sp³-hybridized carbons (Fsp3) is 0.240. The van der Waals surface area contributed by atoms with Gasteiger partial charge in [0.25, 0.3) is 0 Å². The van der Waals surface area contributed by atoms with Crippen LogP contribution in [0.4, 0.5) is 0 Å². The fourth-order valence-corrected chi connectivity index (χ4v) is 8.33. The molecule has 4 aliphatic rings. The summed E-state index contributed by atoms with van der Waals surface area (Å²) in [6.45, 7) is 1.57. The van der Waals surface area contributed by atoms with E-state index in [1.165, 1.54) is 0 Å². The van der Waals surface area contributed by atoms with Gasteiger partial charge in [0.05, 0.1) is 37.6 Å². The summed E-state index contributed by atoms with van der Waals surface area (Å²) in [5, 5.41) is 23.5. The third kappa shape index (κ3) is 7.79. The van der Waals surface area contributed by atoms with Gasteiger partial charge >= 0.3 is 0 Å². The topological polar surface area (TPSA) is 130 Å². The van der Waals surface area contributed by atoms with Gasteiger partial charge in [-0.25, -0.2) is 0 Å². The lowest BCUT2D eigenvalue weighted by Gasteiger charge is -2.22. The van der Waals surface area contributed by atoms with Crippen LogP contribution in [0.1, 0.15) is 76.4 Å². The molecule has 0 fully saturated rings. The van der Waals surface area contributed by atoms with Crippen molar-refractivity contribution < 1.29 is 48.2 Å². The maximum absolute atomic E-state index is 14.1. The number of hydrogen-bond acceptors (Lipinski definition) is 10. The Labute approximate surface area is 347 Å². The molecule has 2 N–H and O–H groups in total. The molecule has 0 atom stereocenters. The van der Waals surface area contributed by atoms with Crippen molar-refractivity contribution in [3.63, 3.8) is 0 Å². The first-order valence-electron chi connectivity index (χ1n) is 20.3. The fourth-order valence-electron chi connectivity index (χ4n) is 8.33. The zero-order valence-electron chi connectivity index (χ0n) is 33.0. The van der Waals surface area contributed by atoms with Gasteiger partial charge in [-0.05, 0) is 56.6 Å². The number of phenols is 2. The Kier molecular flexibility index (Phi) is 11.2. The second-order valence-electron chi connectivity index (χ2n) is 15.0. The largest absolute Gasteiger partial charge is 0.507 e. The molecule has 2 heterocycles. The molecule has 12 bridgehead atoms. The highest BCUT2D eigenvalue weighted by molar-refractivity contribution is 6.30. The van der Waals surface area contributed by atoms with Crippen LogP contribution in [-0.2, 0) is 35.2 Å². The maximum atomic E-state index is 14.1. The monoisotopic (exact) mass is 804 g/mol. The first kappa shape index (κ1) is 38.9. The summed E-state index contributed by atoms with van der Waals surface area (Å²) in [6, 6.07) is 33.6. The zero-order chi connectivity index (χ0) is 41.0. The number of aromatic hydroxyl groups is 2. The molecule has 10 rings (SSSR count). The number of ketones is 2. The van der Waals surface area contributed by atoms with E-state index in [4.69, 9.17) is 28.4 Å². The van der Waals surface area contributed by atoms with Gasteiger partial charge in [-0.3, -0.25) is 9.59 Å². The van der Waals surface area contributed by atoms with E-state index < -0.39 is 0 Å². The standard InChI is InChI=1S/C50H44O10/c51-45-31-7-1-8-32(45)28-36-12-4-14-38-30-34-10-2-9-33(46(34)52)29-37-13-3-11-35(27-31)49(37)59-25-21-55-19-23-57-41-17-5-15-39-43(41)48(54)44-40(47(39)53)16-6-18-42(44)58-24-20-56-22-26-60-50(36)38/h1-18,51-52H,19-30H2. The van der Waals surface area contributed by atoms with Crippen LogP contribution in [-0.4, -0.2) is 74.6 Å². The number of fused-ring (bicyclic) bond motifs is 12. The molecule has 2 aliphatic heterocycles. The lowest BCUT2D eigenvalue weighted by atomic mass is 9.83. The molecular formula is C50H44O10. The minimum atomic E-state index is -0.348. The maximum Gasteiger partial charge on any atom is 0.201 e. The summed E-state index contributed by atoms with van der Waals surface area (Å²) in [5.74, 6) is 1.72. The molecule has 2 aliphatic carbocycles. The summed E-state index contributed by atoms with van der Waals surface area (Å²) in [6.07, 6.45) is 1.62. The van der Waals surface area contributed by atoms with Crippen molar-refractivity contribution in [2.24, 2.45) is 0 Å². The second-order valence-corrected chi connectivity index (χ2v) is 15.0. The molecule has 0 spiro atoms. The van der Waals surface area contributed by atoms with Gasteiger partial charge in [0.2, 0.25) is 5.78 Å². The van der Waals surface area contributed by atoms with Gasteiger partial charge in [-0.15, -0.1) is 0 Å². The molecule has 6 aromatic carbocycles. The Hall–Kier alpha value is -6.62. The van der Waals surface area contributed by atoms with Crippen molar-refractivity contribution in [2.45, 2.75) is 25.7 Å². The first-order chi connectivity index (χ1) is 29.4. The van der Waals surface area contributed by atoms with Gasteiger partial charge in [-0.1, -0.05) is 97.1 Å². The van der Waals surface area contributed by atoms with Crippen molar-refractivity contribution in [3.8, 4) is 34.5 Å². The Morgan fingerprint density at radius 2 is 0.667 bits per heavy atom. The second kappa shape index (κ2) is 17.3. The molecule has 6 aromatic rings. The van der Waals surface area contributed by atoms with Gasteiger partial charge < -0.3 is 38.6 Å². The van der Waals surface area contributed by atoms with Crippen molar-refractivity contribution >= 4 is 11.6 Å². The molecule has 304 valence electrons. The molecule has 10 nitrogen and oxygen atoms in total. The lowest BCUT2D eigenvalue weighted by molar-refractivity contribution is 0.0746. The normalized spacial score (nSPS) is 15.8. The number of hydrogen-bond donors (Lipinski definition) is 2. The average molecular weight is 805 g/mol. The van der Waals surface area contributed by atoms with E-state index in [0.29, 0.717) is 48.7 Å². The van der Waals surface area contributed by atoms with Gasteiger partial charge in [0, 0.05) is 36.8 Å². The number of phenolic OH excluding ortho intramolecular Hbond substituents is 2. The van der Waals surface area contributed by atoms with E-state index in [1.807, 2.05) is 72.8 Å². The number of benzene rings is 6. The van der Waals surface area contributed by atoms with E-state index in [-0.39, 0.29) is 98.2 Å². The summed E-state index contributed by atoms with van der Waals surface area (Å²) < 4.78 is 37.1. The van der Waals surface area contributed by atoms with Crippen molar-refractivity contribution in [3.05, 3.63) is 176 Å². The molecule has 0 radical (unpaired) electrons. The van der Waals surface area contributed by atoms with Crippen LogP contribution in [0.3, 0.4) is 0 Å². The SMILES string of the molecule is O=C1c2cccc3c2C(=O)c2c(cccc21)OCCOCCOc1c2cccc1Cc1cccc(c1O)Cc1cccc(c1OCCOCCO3)Cc1cccc(c1O)C2. The van der Waals surface area contributed by atoms with Crippen molar-refractivity contribution in [1.82, 2.24) is 0 Å². The summed E-state index contributed by atoms with van der Waals surface area (Å²) in [5.41, 5.74) is 7.49. The lowest BCUT2D eigenvalue weighted by Crippen LogP contribution is -2.24. The molecule has 0 aromatic heterocycles. The third-order valence-electron chi connectivity index (χ3n) is 11.2. The summed E-state index contributed by atoms with van der Waals surface area (Å²) >= 11 is 0. The van der Waals surface area contributed by atoms with E-state index in [2.05, 4.69) is 0 Å².